The number of nitrogens with zero attached hydrogens (tertiary/aromatic N) is 2. The summed E-state index contributed by atoms with van der Waals surface area (Å²) in [5.41, 5.74) is 4.27. The van der Waals surface area contributed by atoms with Gasteiger partial charge in [0.25, 0.3) is 0 Å². The van der Waals surface area contributed by atoms with Gasteiger partial charge < -0.3 is 19.5 Å². The predicted molar refractivity (Wildman–Crippen MR) is 127 cm³/mol. The van der Waals surface area contributed by atoms with Crippen molar-refractivity contribution in [3.8, 4) is 34.1 Å². The van der Waals surface area contributed by atoms with Crippen molar-refractivity contribution >= 4 is 11.6 Å². The fraction of sp³-hybridized carbons (Fsp3) is 0.192. The lowest BCUT2D eigenvalue weighted by molar-refractivity contribution is -0.121. The van der Waals surface area contributed by atoms with Crippen molar-refractivity contribution in [1.29, 1.82) is 0 Å². The van der Waals surface area contributed by atoms with E-state index in [1.165, 1.54) is 0 Å². The number of hydrogen-bond donors (Lipinski definition) is 2. The standard InChI is InChI=1S/C26H24N4O4/c1-16-22(14-28-30-16)17-5-7-23(25(12-17)34-21-4-3-9-27-13-21)29-26(31)19-10-18-11-20(32-2)6-8-24(18)33-15-19/h3-9,11-14,19H,10,15H2,1-2H3,(H,28,30)(H,29,31). The number of benzene rings is 2. The SMILES string of the molecule is COc1ccc2c(c1)CC(C(=O)Nc1ccc(-c3c[nH]nc3C)cc1Oc1cccnc1)CO2. The van der Waals surface area contributed by atoms with Gasteiger partial charge >= 0.3 is 0 Å². The molecule has 2 aromatic heterocycles. The van der Waals surface area contributed by atoms with Crippen molar-refractivity contribution < 1.29 is 19.0 Å². The predicted octanol–water partition coefficient (Wildman–Crippen LogP) is 4.77. The van der Waals surface area contributed by atoms with Crippen molar-refractivity contribution in [3.05, 3.63) is 78.4 Å². The highest BCUT2D eigenvalue weighted by molar-refractivity contribution is 5.95. The summed E-state index contributed by atoms with van der Waals surface area (Å²) in [6.45, 7) is 2.23. The van der Waals surface area contributed by atoms with Gasteiger partial charge in [0.1, 0.15) is 23.9 Å². The molecule has 5 rings (SSSR count). The van der Waals surface area contributed by atoms with Crippen molar-refractivity contribution in [3.63, 3.8) is 0 Å². The molecule has 1 aliphatic rings. The fourth-order valence-corrected chi connectivity index (χ4v) is 3.96. The smallest absolute Gasteiger partial charge is 0.231 e. The van der Waals surface area contributed by atoms with E-state index in [9.17, 15) is 4.79 Å². The largest absolute Gasteiger partial charge is 0.497 e. The van der Waals surface area contributed by atoms with Crippen LogP contribution >= 0.6 is 0 Å². The van der Waals surface area contributed by atoms with Gasteiger partial charge in [0.15, 0.2) is 5.75 Å². The number of carbonyl (C=O) groups is 1. The number of carbonyl (C=O) groups excluding carboxylic acids is 1. The number of aromatic nitrogens is 3. The zero-order chi connectivity index (χ0) is 23.5. The molecule has 1 aliphatic heterocycles. The van der Waals surface area contributed by atoms with Gasteiger partial charge in [0.2, 0.25) is 5.91 Å². The lowest BCUT2D eigenvalue weighted by atomic mass is 9.95. The van der Waals surface area contributed by atoms with Crippen LogP contribution in [0.2, 0.25) is 0 Å². The Balaban J connectivity index is 1.41. The minimum atomic E-state index is -0.346. The van der Waals surface area contributed by atoms with Gasteiger partial charge in [-0.05, 0) is 66.9 Å². The van der Waals surface area contributed by atoms with Crippen molar-refractivity contribution in [2.75, 3.05) is 19.0 Å². The van der Waals surface area contributed by atoms with Crippen LogP contribution in [0.5, 0.6) is 23.0 Å². The molecule has 172 valence electrons. The van der Waals surface area contributed by atoms with Gasteiger partial charge in [-0.25, -0.2) is 0 Å². The average Bonchev–Trinajstić information content (AvgIpc) is 3.30. The number of methoxy groups -OCH3 is 1. The topological polar surface area (TPSA) is 98.4 Å². The lowest BCUT2D eigenvalue weighted by Gasteiger charge is -2.25. The average molecular weight is 457 g/mol. The number of nitrogens with one attached hydrogen (secondary N) is 2. The summed E-state index contributed by atoms with van der Waals surface area (Å²) in [5.74, 6) is 2.11. The second-order valence-electron chi connectivity index (χ2n) is 8.06. The van der Waals surface area contributed by atoms with E-state index in [2.05, 4.69) is 20.5 Å². The second kappa shape index (κ2) is 9.27. The van der Waals surface area contributed by atoms with E-state index in [1.54, 1.807) is 25.6 Å². The van der Waals surface area contributed by atoms with E-state index < -0.39 is 0 Å². The number of fused-ring (bicyclic) bond motifs is 1. The monoisotopic (exact) mass is 456 g/mol. The number of hydrogen-bond acceptors (Lipinski definition) is 6. The molecular formula is C26H24N4O4. The number of pyridine rings is 1. The van der Waals surface area contributed by atoms with Gasteiger partial charge in [-0.3, -0.25) is 14.9 Å². The molecule has 0 radical (unpaired) electrons. The first-order valence-corrected chi connectivity index (χ1v) is 10.9. The first-order chi connectivity index (χ1) is 16.6. The fourth-order valence-electron chi connectivity index (χ4n) is 3.96. The molecule has 8 heteroatoms. The molecule has 2 N–H and O–H groups in total. The maximum Gasteiger partial charge on any atom is 0.231 e. The van der Waals surface area contributed by atoms with Crippen LogP contribution in [0, 0.1) is 12.8 Å². The Bertz CT molecular complexity index is 1320. The molecule has 0 bridgehead atoms. The highest BCUT2D eigenvalue weighted by atomic mass is 16.5. The van der Waals surface area contributed by atoms with E-state index in [0.29, 0.717) is 30.2 Å². The summed E-state index contributed by atoms with van der Waals surface area (Å²) in [4.78, 5) is 17.3. The maximum absolute atomic E-state index is 13.2. The highest BCUT2D eigenvalue weighted by Crippen LogP contribution is 2.36. The van der Waals surface area contributed by atoms with Crippen LogP contribution in [0.3, 0.4) is 0 Å². The molecule has 8 nitrogen and oxygen atoms in total. The van der Waals surface area contributed by atoms with Gasteiger partial charge in [-0.15, -0.1) is 0 Å². The molecule has 1 amide bonds. The van der Waals surface area contributed by atoms with E-state index in [-0.39, 0.29) is 11.8 Å². The van der Waals surface area contributed by atoms with E-state index in [0.717, 1.165) is 33.9 Å². The highest BCUT2D eigenvalue weighted by Gasteiger charge is 2.27. The molecule has 0 fully saturated rings. The number of rotatable bonds is 6. The lowest BCUT2D eigenvalue weighted by Crippen LogP contribution is -2.32. The summed E-state index contributed by atoms with van der Waals surface area (Å²) >= 11 is 0. The van der Waals surface area contributed by atoms with Gasteiger partial charge in [0.05, 0.1) is 30.6 Å². The Morgan fingerprint density at radius 1 is 1.18 bits per heavy atom. The van der Waals surface area contributed by atoms with Crippen LogP contribution in [-0.4, -0.2) is 34.8 Å². The summed E-state index contributed by atoms with van der Waals surface area (Å²) in [6, 6.07) is 14.9. The van der Waals surface area contributed by atoms with E-state index in [1.807, 2.05) is 55.6 Å². The first kappa shape index (κ1) is 21.5. The number of anilines is 1. The molecule has 34 heavy (non-hydrogen) atoms. The quantitative estimate of drug-likeness (QED) is 0.434. The number of aromatic amines is 1. The molecule has 0 aliphatic carbocycles. The number of H-pyrrole nitrogens is 1. The van der Waals surface area contributed by atoms with Crippen LogP contribution in [0.15, 0.2) is 67.1 Å². The molecule has 0 spiro atoms. The Morgan fingerprint density at radius 2 is 2.09 bits per heavy atom. The van der Waals surface area contributed by atoms with Gasteiger partial charge in [-0.2, -0.15) is 5.10 Å². The van der Waals surface area contributed by atoms with Gasteiger partial charge in [0, 0.05) is 18.0 Å². The number of aryl methyl sites for hydroxylation is 1. The molecule has 4 aromatic rings. The normalized spacial score (nSPS) is 14.6. The number of ether oxygens (including phenoxy) is 3. The molecule has 0 saturated heterocycles. The minimum Gasteiger partial charge on any atom is -0.497 e. The zero-order valence-electron chi connectivity index (χ0n) is 18.9. The van der Waals surface area contributed by atoms with Crippen LogP contribution in [0.25, 0.3) is 11.1 Å². The van der Waals surface area contributed by atoms with Crippen LogP contribution in [0.1, 0.15) is 11.3 Å². The van der Waals surface area contributed by atoms with Crippen LogP contribution in [-0.2, 0) is 11.2 Å². The molecule has 3 heterocycles. The third kappa shape index (κ3) is 4.43. The summed E-state index contributed by atoms with van der Waals surface area (Å²) < 4.78 is 17.3. The second-order valence-corrected chi connectivity index (χ2v) is 8.06. The molecular weight excluding hydrogens is 432 g/mol. The maximum atomic E-state index is 13.2. The Morgan fingerprint density at radius 3 is 2.85 bits per heavy atom. The van der Waals surface area contributed by atoms with Crippen LogP contribution in [0.4, 0.5) is 5.69 Å². The molecule has 1 atom stereocenters. The van der Waals surface area contributed by atoms with Crippen molar-refractivity contribution in [1.82, 2.24) is 15.2 Å². The number of amides is 1. The summed E-state index contributed by atoms with van der Waals surface area (Å²) in [7, 11) is 1.62. The summed E-state index contributed by atoms with van der Waals surface area (Å²) in [6.07, 6.45) is 5.70. The molecule has 0 saturated carbocycles. The first-order valence-electron chi connectivity index (χ1n) is 10.9. The van der Waals surface area contributed by atoms with E-state index in [4.69, 9.17) is 14.2 Å². The van der Waals surface area contributed by atoms with E-state index >= 15 is 0 Å². The third-order valence-corrected chi connectivity index (χ3v) is 5.79. The molecule has 1 unspecified atom stereocenters. The van der Waals surface area contributed by atoms with Crippen LogP contribution < -0.4 is 19.5 Å². The Hall–Kier alpha value is -4.33. The Labute approximate surface area is 196 Å². The Kier molecular flexibility index (Phi) is 5.86. The van der Waals surface area contributed by atoms with Crippen molar-refractivity contribution in [2.24, 2.45) is 5.92 Å². The van der Waals surface area contributed by atoms with Gasteiger partial charge in [-0.1, -0.05) is 6.07 Å². The third-order valence-electron chi connectivity index (χ3n) is 5.79. The van der Waals surface area contributed by atoms with Crippen molar-refractivity contribution in [2.45, 2.75) is 13.3 Å². The molecule has 2 aromatic carbocycles. The summed E-state index contributed by atoms with van der Waals surface area (Å²) in [5, 5.41) is 10.1. The minimum absolute atomic E-state index is 0.142. The zero-order valence-corrected chi connectivity index (χ0v) is 18.9.